The minimum atomic E-state index is -3.57. The van der Waals surface area contributed by atoms with Gasteiger partial charge < -0.3 is 25.3 Å². The zero-order valence-electron chi connectivity index (χ0n) is 29.6. The first-order valence-corrected chi connectivity index (χ1v) is 19.2. The molecule has 1 amide bonds. The molecular formula is C38H48N6O5S. The average Bonchev–Trinajstić information content (AvgIpc) is 3.09. The topological polar surface area (TPSA) is 149 Å². The Morgan fingerprint density at radius 2 is 1.46 bits per heavy atom. The second-order valence-electron chi connectivity index (χ2n) is 14.9. The van der Waals surface area contributed by atoms with Gasteiger partial charge in [0.05, 0.1) is 45.2 Å². The van der Waals surface area contributed by atoms with Crippen molar-refractivity contribution in [2.45, 2.75) is 76.0 Å². The van der Waals surface area contributed by atoms with Crippen molar-refractivity contribution in [3.05, 3.63) is 72.1 Å². The Bertz CT molecular complexity index is 1970. The lowest BCUT2D eigenvalue weighted by Gasteiger charge is -2.39. The number of piperidine rings is 2. The summed E-state index contributed by atoms with van der Waals surface area (Å²) in [4.78, 5) is 32.2. The van der Waals surface area contributed by atoms with E-state index in [9.17, 15) is 23.4 Å². The third-order valence-corrected chi connectivity index (χ3v) is 11.4. The number of hydrogen-bond acceptors (Lipinski definition) is 10. The number of nitrogens with one attached hydrogen (secondary N) is 1. The van der Waals surface area contributed by atoms with E-state index in [1.165, 1.54) is 6.07 Å². The molecule has 12 heteroatoms. The van der Waals surface area contributed by atoms with Crippen molar-refractivity contribution in [2.24, 2.45) is 11.8 Å². The molecule has 0 radical (unpaired) electrons. The molecule has 4 aromatic rings. The van der Waals surface area contributed by atoms with E-state index in [4.69, 9.17) is 9.97 Å². The second kappa shape index (κ2) is 13.9. The van der Waals surface area contributed by atoms with E-state index in [2.05, 4.69) is 20.1 Å². The third kappa shape index (κ3) is 8.25. The summed E-state index contributed by atoms with van der Waals surface area (Å²) in [5.74, 6) is 0.897. The molecule has 2 saturated heterocycles. The molecule has 0 atom stereocenters. The molecule has 0 aliphatic carbocycles. The zero-order valence-corrected chi connectivity index (χ0v) is 30.4. The van der Waals surface area contributed by atoms with E-state index in [1.807, 2.05) is 64.1 Å². The zero-order chi connectivity index (χ0) is 35.8. The molecular weight excluding hydrogens is 653 g/mol. The molecule has 5 heterocycles. The molecule has 1 aromatic carbocycles. The molecule has 6 rings (SSSR count). The highest BCUT2D eigenvalue weighted by atomic mass is 32.2. The number of pyridine rings is 3. The first-order chi connectivity index (χ1) is 23.5. The van der Waals surface area contributed by atoms with Gasteiger partial charge in [0.2, 0.25) is 0 Å². The smallest absolute Gasteiger partial charge is 0.251 e. The first kappa shape index (κ1) is 35.7. The van der Waals surface area contributed by atoms with E-state index in [0.29, 0.717) is 24.5 Å². The van der Waals surface area contributed by atoms with Gasteiger partial charge in [-0.1, -0.05) is 6.07 Å². The number of carbonyl (C=O) groups is 1. The van der Waals surface area contributed by atoms with Crippen molar-refractivity contribution < 1.29 is 23.4 Å². The number of amides is 1. The van der Waals surface area contributed by atoms with Gasteiger partial charge in [0.15, 0.2) is 9.84 Å². The van der Waals surface area contributed by atoms with Crippen LogP contribution in [0.15, 0.2) is 65.7 Å². The van der Waals surface area contributed by atoms with Crippen molar-refractivity contribution in [1.29, 1.82) is 0 Å². The van der Waals surface area contributed by atoms with Crippen LogP contribution >= 0.6 is 0 Å². The Morgan fingerprint density at radius 1 is 0.840 bits per heavy atom. The van der Waals surface area contributed by atoms with Gasteiger partial charge in [0.1, 0.15) is 5.82 Å². The maximum absolute atomic E-state index is 13.4. The Balaban J connectivity index is 1.16. The lowest BCUT2D eigenvalue weighted by atomic mass is 9.83. The summed E-state index contributed by atoms with van der Waals surface area (Å²) >= 11 is 0. The van der Waals surface area contributed by atoms with Gasteiger partial charge in [-0.25, -0.2) is 18.4 Å². The summed E-state index contributed by atoms with van der Waals surface area (Å²) in [5, 5.41) is 24.7. The lowest BCUT2D eigenvalue weighted by Crippen LogP contribution is -2.42. The fraction of sp³-hybridized carbons (Fsp3) is 0.474. The van der Waals surface area contributed by atoms with Crippen LogP contribution in [-0.4, -0.2) is 83.1 Å². The molecule has 2 aliphatic heterocycles. The number of nitrogens with zero attached hydrogens (tertiary/aromatic N) is 5. The number of rotatable bonds is 9. The van der Waals surface area contributed by atoms with Gasteiger partial charge >= 0.3 is 0 Å². The van der Waals surface area contributed by atoms with Crippen molar-refractivity contribution in [3.63, 3.8) is 0 Å². The quantitative estimate of drug-likeness (QED) is 0.218. The van der Waals surface area contributed by atoms with Gasteiger partial charge in [0, 0.05) is 55.3 Å². The molecule has 2 aliphatic rings. The fourth-order valence-electron chi connectivity index (χ4n) is 7.08. The lowest BCUT2D eigenvalue weighted by molar-refractivity contribution is 0.00605. The number of aliphatic hydroxyl groups is 2. The van der Waals surface area contributed by atoms with Gasteiger partial charge in [-0.2, -0.15) is 0 Å². The minimum Gasteiger partial charge on any atom is -0.390 e. The molecule has 0 spiro atoms. The summed E-state index contributed by atoms with van der Waals surface area (Å²) in [5.41, 5.74) is 2.27. The van der Waals surface area contributed by atoms with Gasteiger partial charge in [-0.15, -0.1) is 0 Å². The number of aromatic nitrogens is 3. The Kier molecular flexibility index (Phi) is 9.91. The highest BCUT2D eigenvalue weighted by molar-refractivity contribution is 7.90. The van der Waals surface area contributed by atoms with Gasteiger partial charge in [-0.3, -0.25) is 9.78 Å². The molecule has 2 fully saturated rings. The molecule has 3 N–H and O–H groups in total. The summed E-state index contributed by atoms with van der Waals surface area (Å²) < 4.78 is 25.2. The predicted octanol–water partition coefficient (Wildman–Crippen LogP) is 5.00. The number of sulfone groups is 1. The van der Waals surface area contributed by atoms with Crippen LogP contribution in [0.5, 0.6) is 0 Å². The highest BCUT2D eigenvalue weighted by Crippen LogP contribution is 2.33. The van der Waals surface area contributed by atoms with Crippen LogP contribution in [0.1, 0.15) is 69.4 Å². The Hall–Kier alpha value is -4.13. The van der Waals surface area contributed by atoms with Crippen LogP contribution in [-0.2, 0) is 16.4 Å². The molecule has 3 aromatic heterocycles. The molecule has 50 heavy (non-hydrogen) atoms. The van der Waals surface area contributed by atoms with Crippen LogP contribution in [0.2, 0.25) is 0 Å². The van der Waals surface area contributed by atoms with E-state index >= 15 is 0 Å². The molecule has 0 unspecified atom stereocenters. The maximum Gasteiger partial charge on any atom is 0.251 e. The van der Waals surface area contributed by atoms with Gasteiger partial charge in [-0.05, 0) is 114 Å². The number of benzene rings is 1. The number of hydrogen-bond donors (Lipinski definition) is 3. The Labute approximate surface area is 294 Å². The molecule has 266 valence electrons. The Morgan fingerprint density at radius 3 is 2.08 bits per heavy atom. The highest BCUT2D eigenvalue weighted by Gasteiger charge is 2.32. The summed E-state index contributed by atoms with van der Waals surface area (Å²) in [6.45, 7) is 10.5. The van der Waals surface area contributed by atoms with E-state index in [0.717, 1.165) is 73.1 Å². The van der Waals surface area contributed by atoms with Crippen LogP contribution in [0.4, 0.5) is 11.5 Å². The van der Waals surface area contributed by atoms with Crippen molar-refractivity contribution in [1.82, 2.24) is 20.3 Å². The summed E-state index contributed by atoms with van der Waals surface area (Å²) in [6.07, 6.45) is 6.21. The summed E-state index contributed by atoms with van der Waals surface area (Å²) in [7, 11) is -3.57. The van der Waals surface area contributed by atoms with Gasteiger partial charge in [0.25, 0.3) is 5.91 Å². The SMILES string of the molecule is CC(C)(O)C1CCN(c2cc(C(=O)NCc3cc4nc(-c5cccc(N6CCC(C(C)(C)O)CC6)n5)ccc4cn3)cc(S(C)(=O)=O)c2)CC1. The number of fused-ring (bicyclic) bond motifs is 1. The normalized spacial score (nSPS) is 16.9. The molecule has 0 bridgehead atoms. The van der Waals surface area contributed by atoms with Crippen LogP contribution in [0.25, 0.3) is 22.3 Å². The summed E-state index contributed by atoms with van der Waals surface area (Å²) in [6, 6.07) is 16.4. The monoisotopic (exact) mass is 700 g/mol. The second-order valence-corrected chi connectivity index (χ2v) is 17.0. The third-order valence-electron chi connectivity index (χ3n) is 10.3. The van der Waals surface area contributed by atoms with Crippen LogP contribution < -0.4 is 15.1 Å². The first-order valence-electron chi connectivity index (χ1n) is 17.4. The number of anilines is 2. The standard InChI is InChI=1S/C38H48N6O5S/c1-37(2,46)27-11-15-43(16-12-27)30-19-26(20-31(22-30)50(5,48)49)36(45)40-24-29-21-34-25(23-39-29)9-10-33(41-34)32-7-6-8-35(42-32)44-17-13-28(14-18-44)38(3,4)47/h6-10,19-23,27-28,46-47H,11-18,24H2,1-5H3,(H,40,45). The molecule has 11 nitrogen and oxygen atoms in total. The maximum atomic E-state index is 13.4. The van der Waals surface area contributed by atoms with Crippen LogP contribution in [0, 0.1) is 11.8 Å². The van der Waals surface area contributed by atoms with E-state index in [1.54, 1.807) is 18.3 Å². The fourth-order valence-corrected chi connectivity index (χ4v) is 7.76. The minimum absolute atomic E-state index is 0.0848. The van der Waals surface area contributed by atoms with Crippen molar-refractivity contribution >= 4 is 38.2 Å². The van der Waals surface area contributed by atoms with Crippen LogP contribution in [0.3, 0.4) is 0 Å². The largest absolute Gasteiger partial charge is 0.390 e. The van der Waals surface area contributed by atoms with E-state index < -0.39 is 26.9 Å². The van der Waals surface area contributed by atoms with Crippen molar-refractivity contribution in [3.8, 4) is 11.4 Å². The number of carbonyl (C=O) groups excluding carboxylic acids is 1. The predicted molar refractivity (Wildman–Crippen MR) is 196 cm³/mol. The average molecular weight is 701 g/mol. The molecule has 0 saturated carbocycles. The van der Waals surface area contributed by atoms with Crippen molar-refractivity contribution in [2.75, 3.05) is 42.2 Å². The van der Waals surface area contributed by atoms with E-state index in [-0.39, 0.29) is 28.8 Å².